The van der Waals surface area contributed by atoms with E-state index in [4.69, 9.17) is 23.2 Å². The standard InChI is InChI=1S/C22H16Cl2N4O5S2/c1-2-27(13-6-4-3-5-7-13)35(32,33)20-11-15(16(23)12-17(20)24)21(29)26-22-25-18-9-8-14(28(30)31)10-19(18)34-22/h3-12H,2H2,1H3,(H,25,26,29). The van der Waals surface area contributed by atoms with Crippen LogP contribution in [0.3, 0.4) is 0 Å². The largest absolute Gasteiger partial charge is 0.298 e. The van der Waals surface area contributed by atoms with E-state index in [0.29, 0.717) is 15.9 Å². The van der Waals surface area contributed by atoms with E-state index in [2.05, 4.69) is 10.3 Å². The zero-order chi connectivity index (χ0) is 25.3. The van der Waals surface area contributed by atoms with Crippen LogP contribution in [0.15, 0.2) is 65.6 Å². The molecule has 4 aromatic rings. The summed E-state index contributed by atoms with van der Waals surface area (Å²) in [5.41, 5.74) is 0.677. The van der Waals surface area contributed by atoms with Crippen molar-refractivity contribution in [1.29, 1.82) is 0 Å². The second kappa shape index (κ2) is 9.78. The van der Waals surface area contributed by atoms with Gasteiger partial charge in [-0.2, -0.15) is 0 Å². The molecule has 35 heavy (non-hydrogen) atoms. The molecule has 1 amide bonds. The lowest BCUT2D eigenvalue weighted by atomic mass is 10.2. The maximum atomic E-state index is 13.4. The number of nitro groups is 1. The topological polar surface area (TPSA) is 123 Å². The number of non-ortho nitro benzene ring substituents is 1. The fourth-order valence-electron chi connectivity index (χ4n) is 3.35. The molecule has 1 heterocycles. The summed E-state index contributed by atoms with van der Waals surface area (Å²) in [5, 5.41) is 13.6. The van der Waals surface area contributed by atoms with Crippen LogP contribution in [0.5, 0.6) is 0 Å². The molecule has 180 valence electrons. The number of hydrogen-bond acceptors (Lipinski definition) is 7. The summed E-state index contributed by atoms with van der Waals surface area (Å²) in [6.45, 7) is 1.81. The average Bonchev–Trinajstić information content (AvgIpc) is 3.21. The van der Waals surface area contributed by atoms with E-state index in [1.165, 1.54) is 28.6 Å². The molecule has 0 atom stereocenters. The van der Waals surface area contributed by atoms with Crippen molar-refractivity contribution >= 4 is 77.2 Å². The monoisotopic (exact) mass is 550 g/mol. The van der Waals surface area contributed by atoms with Gasteiger partial charge in [0, 0.05) is 18.7 Å². The van der Waals surface area contributed by atoms with Crippen molar-refractivity contribution in [3.63, 3.8) is 0 Å². The molecular weight excluding hydrogens is 535 g/mol. The second-order valence-electron chi connectivity index (χ2n) is 7.15. The quantitative estimate of drug-likeness (QED) is 0.223. The number of benzene rings is 3. The van der Waals surface area contributed by atoms with Crippen LogP contribution in [0.4, 0.5) is 16.5 Å². The van der Waals surface area contributed by atoms with Gasteiger partial charge >= 0.3 is 0 Å². The molecular formula is C22H16Cl2N4O5S2. The number of nitrogens with one attached hydrogen (secondary N) is 1. The second-order valence-corrected chi connectivity index (χ2v) is 10.8. The van der Waals surface area contributed by atoms with Crippen LogP contribution in [0.2, 0.25) is 10.0 Å². The van der Waals surface area contributed by atoms with Gasteiger partial charge < -0.3 is 0 Å². The van der Waals surface area contributed by atoms with E-state index in [9.17, 15) is 23.3 Å². The minimum Gasteiger partial charge on any atom is -0.298 e. The van der Waals surface area contributed by atoms with Gasteiger partial charge in [-0.05, 0) is 37.3 Å². The zero-order valence-corrected chi connectivity index (χ0v) is 21.1. The van der Waals surface area contributed by atoms with E-state index in [1.807, 2.05) is 0 Å². The van der Waals surface area contributed by atoms with Crippen LogP contribution in [0, 0.1) is 10.1 Å². The number of hydrogen-bond donors (Lipinski definition) is 1. The summed E-state index contributed by atoms with van der Waals surface area (Å²) < 4.78 is 28.5. The highest BCUT2D eigenvalue weighted by Gasteiger charge is 2.28. The number of aromatic nitrogens is 1. The Balaban J connectivity index is 1.69. The molecule has 0 aliphatic heterocycles. The van der Waals surface area contributed by atoms with Gasteiger partial charge in [0.15, 0.2) is 5.13 Å². The van der Waals surface area contributed by atoms with E-state index in [1.54, 1.807) is 37.3 Å². The van der Waals surface area contributed by atoms with Gasteiger partial charge in [-0.1, -0.05) is 52.7 Å². The summed E-state index contributed by atoms with van der Waals surface area (Å²) in [6, 6.07) is 14.9. The molecule has 13 heteroatoms. The van der Waals surface area contributed by atoms with Crippen molar-refractivity contribution in [3.05, 3.63) is 86.4 Å². The van der Waals surface area contributed by atoms with E-state index in [0.717, 1.165) is 17.4 Å². The van der Waals surface area contributed by atoms with Crippen molar-refractivity contribution in [3.8, 4) is 0 Å². The van der Waals surface area contributed by atoms with Gasteiger partial charge in [-0.15, -0.1) is 0 Å². The summed E-state index contributed by atoms with van der Waals surface area (Å²) in [7, 11) is -4.13. The molecule has 0 aliphatic rings. The molecule has 0 saturated heterocycles. The summed E-state index contributed by atoms with van der Waals surface area (Å²) in [5.74, 6) is -0.709. The van der Waals surface area contributed by atoms with Crippen molar-refractivity contribution in [2.24, 2.45) is 0 Å². The number of carbonyl (C=O) groups is 1. The number of fused-ring (bicyclic) bond motifs is 1. The molecule has 0 unspecified atom stereocenters. The first kappa shape index (κ1) is 24.9. The molecule has 0 bridgehead atoms. The maximum Gasteiger partial charge on any atom is 0.270 e. The van der Waals surface area contributed by atoms with Crippen molar-refractivity contribution in [1.82, 2.24) is 4.98 Å². The molecule has 0 radical (unpaired) electrons. The van der Waals surface area contributed by atoms with Crippen molar-refractivity contribution < 1.29 is 18.1 Å². The van der Waals surface area contributed by atoms with Gasteiger partial charge in [0.2, 0.25) is 0 Å². The molecule has 4 rings (SSSR count). The first-order valence-electron chi connectivity index (χ1n) is 10.0. The Hall–Kier alpha value is -3.25. The first-order chi connectivity index (χ1) is 16.6. The lowest BCUT2D eigenvalue weighted by molar-refractivity contribution is -0.384. The fraction of sp³-hybridized carbons (Fsp3) is 0.0909. The Labute approximate surface area is 214 Å². The Kier molecular flexibility index (Phi) is 6.95. The number of halogens is 2. The van der Waals surface area contributed by atoms with Gasteiger partial charge in [0.05, 0.1) is 36.4 Å². The van der Waals surface area contributed by atoms with Crippen LogP contribution in [-0.4, -0.2) is 30.8 Å². The molecule has 3 aromatic carbocycles. The van der Waals surface area contributed by atoms with Crippen LogP contribution < -0.4 is 9.62 Å². The Morgan fingerprint density at radius 2 is 1.83 bits per heavy atom. The highest BCUT2D eigenvalue weighted by molar-refractivity contribution is 7.93. The van der Waals surface area contributed by atoms with Crippen LogP contribution in [0.1, 0.15) is 17.3 Å². The number of thiazole rings is 1. The fourth-order valence-corrected chi connectivity index (χ4v) is 6.55. The van der Waals surface area contributed by atoms with E-state index < -0.39 is 20.9 Å². The SMILES string of the molecule is CCN(c1ccccc1)S(=O)(=O)c1cc(C(=O)Nc2nc3ccc([N+](=O)[O-])cc3s2)c(Cl)cc1Cl. The lowest BCUT2D eigenvalue weighted by Crippen LogP contribution is -2.31. The number of amides is 1. The zero-order valence-electron chi connectivity index (χ0n) is 17.9. The Bertz CT molecular complexity index is 1560. The predicted octanol–water partition coefficient (Wildman–Crippen LogP) is 5.98. The number of rotatable bonds is 7. The number of para-hydroxylation sites is 1. The van der Waals surface area contributed by atoms with Crippen LogP contribution in [0.25, 0.3) is 10.2 Å². The first-order valence-corrected chi connectivity index (χ1v) is 13.1. The minimum absolute atomic E-state index is 0.0500. The Morgan fingerprint density at radius 3 is 2.49 bits per heavy atom. The van der Waals surface area contributed by atoms with Crippen molar-refractivity contribution in [2.45, 2.75) is 11.8 Å². The summed E-state index contributed by atoms with van der Waals surface area (Å²) in [6.07, 6.45) is 0. The average molecular weight is 551 g/mol. The highest BCUT2D eigenvalue weighted by Crippen LogP contribution is 2.34. The number of nitrogens with zero attached hydrogens (tertiary/aromatic N) is 3. The van der Waals surface area contributed by atoms with E-state index >= 15 is 0 Å². The normalized spacial score (nSPS) is 11.4. The third-order valence-corrected chi connectivity index (χ3v) is 8.58. The van der Waals surface area contributed by atoms with E-state index in [-0.39, 0.29) is 37.9 Å². The van der Waals surface area contributed by atoms with Gasteiger partial charge in [-0.3, -0.25) is 24.5 Å². The third-order valence-electron chi connectivity index (χ3n) is 4.97. The summed E-state index contributed by atoms with van der Waals surface area (Å²) >= 11 is 13.5. The maximum absolute atomic E-state index is 13.4. The third kappa shape index (κ3) is 4.94. The highest BCUT2D eigenvalue weighted by atomic mass is 35.5. The number of carbonyl (C=O) groups excluding carboxylic acids is 1. The van der Waals surface area contributed by atoms with Crippen LogP contribution in [-0.2, 0) is 10.0 Å². The molecule has 0 saturated carbocycles. The van der Waals surface area contributed by atoms with Crippen LogP contribution >= 0.6 is 34.5 Å². The minimum atomic E-state index is -4.13. The molecule has 0 spiro atoms. The molecule has 1 N–H and O–H groups in total. The van der Waals surface area contributed by atoms with Crippen molar-refractivity contribution in [2.75, 3.05) is 16.2 Å². The molecule has 1 aromatic heterocycles. The summed E-state index contributed by atoms with van der Waals surface area (Å²) in [4.78, 5) is 27.4. The molecule has 9 nitrogen and oxygen atoms in total. The molecule has 0 aliphatic carbocycles. The van der Waals surface area contributed by atoms with Gasteiger partial charge in [0.25, 0.3) is 21.6 Å². The number of sulfonamides is 1. The molecule has 0 fully saturated rings. The number of anilines is 2. The van der Waals surface area contributed by atoms with Gasteiger partial charge in [0.1, 0.15) is 4.90 Å². The van der Waals surface area contributed by atoms with Gasteiger partial charge in [-0.25, -0.2) is 13.4 Å². The Morgan fingerprint density at radius 1 is 1.11 bits per heavy atom. The number of nitro benzene ring substituents is 1. The lowest BCUT2D eigenvalue weighted by Gasteiger charge is -2.24. The predicted molar refractivity (Wildman–Crippen MR) is 137 cm³/mol. The smallest absolute Gasteiger partial charge is 0.270 e.